The van der Waals surface area contributed by atoms with E-state index in [9.17, 15) is 9.59 Å². The van der Waals surface area contributed by atoms with Crippen LogP contribution < -0.4 is 10.3 Å². The van der Waals surface area contributed by atoms with Crippen LogP contribution in [-0.4, -0.2) is 20.6 Å². The quantitative estimate of drug-likeness (QED) is 0.760. The molecule has 7 nitrogen and oxygen atoms in total. The number of carboxylic acids is 1. The van der Waals surface area contributed by atoms with Crippen molar-refractivity contribution in [2.75, 3.05) is 0 Å². The predicted octanol–water partition coefficient (Wildman–Crippen LogP) is 2.38. The predicted molar refractivity (Wildman–Crippen MR) is 92.3 cm³/mol. The van der Waals surface area contributed by atoms with E-state index in [0.717, 1.165) is 16.3 Å². The van der Waals surface area contributed by atoms with Crippen molar-refractivity contribution in [3.63, 3.8) is 0 Å². The van der Waals surface area contributed by atoms with Crippen LogP contribution in [0.15, 0.2) is 65.6 Å². The Hall–Kier alpha value is -3.92. The number of rotatable bonds is 5. The fourth-order valence-electron chi connectivity index (χ4n) is 2.37. The van der Waals surface area contributed by atoms with Gasteiger partial charge in [-0.1, -0.05) is 30.3 Å². The lowest BCUT2D eigenvalue weighted by molar-refractivity contribution is 0.0693. The molecule has 0 saturated carbocycles. The summed E-state index contributed by atoms with van der Waals surface area (Å²) in [6.45, 7) is 0.0706. The maximum Gasteiger partial charge on any atom is 0.342 e. The van der Waals surface area contributed by atoms with Gasteiger partial charge in [-0.15, -0.1) is 0 Å². The lowest BCUT2D eigenvalue weighted by Crippen LogP contribution is -2.27. The fourth-order valence-corrected chi connectivity index (χ4v) is 2.37. The Kier molecular flexibility index (Phi) is 4.76. The lowest BCUT2D eigenvalue weighted by Gasteiger charge is -2.13. The van der Waals surface area contributed by atoms with E-state index in [0.29, 0.717) is 11.3 Å². The molecule has 0 saturated heterocycles. The number of hydrogen-bond donors (Lipinski definition) is 1. The summed E-state index contributed by atoms with van der Waals surface area (Å²) in [5, 5.41) is 18.1. The van der Waals surface area contributed by atoms with Gasteiger partial charge in [0.2, 0.25) is 0 Å². The van der Waals surface area contributed by atoms with Crippen LogP contribution in [0.3, 0.4) is 0 Å². The molecule has 0 unspecified atom stereocenters. The Morgan fingerprint density at radius 1 is 1.19 bits per heavy atom. The molecule has 1 aromatic heterocycles. The van der Waals surface area contributed by atoms with Crippen molar-refractivity contribution < 1.29 is 14.6 Å². The van der Waals surface area contributed by atoms with Crippen molar-refractivity contribution in [1.29, 1.82) is 5.26 Å². The van der Waals surface area contributed by atoms with Gasteiger partial charge in [0.25, 0.3) is 5.56 Å². The summed E-state index contributed by atoms with van der Waals surface area (Å²) in [6, 6.07) is 17.4. The molecule has 7 heteroatoms. The Morgan fingerprint density at radius 2 is 1.96 bits per heavy atom. The number of nitriles is 1. The average molecular weight is 347 g/mol. The van der Waals surface area contributed by atoms with Gasteiger partial charge in [0, 0.05) is 0 Å². The first-order valence-corrected chi connectivity index (χ1v) is 7.63. The summed E-state index contributed by atoms with van der Waals surface area (Å²) in [7, 11) is 0. The van der Waals surface area contributed by atoms with Crippen molar-refractivity contribution in [2.24, 2.45) is 0 Å². The number of carbonyl (C=O) groups is 1. The molecule has 0 aliphatic rings. The van der Waals surface area contributed by atoms with Crippen LogP contribution in [0, 0.1) is 11.3 Å². The number of ether oxygens (including phenoxy) is 1. The molecule has 128 valence electrons. The Labute approximate surface area is 148 Å². The lowest BCUT2D eigenvalue weighted by atomic mass is 10.1. The fraction of sp³-hybridized carbons (Fsp3) is 0.0526. The van der Waals surface area contributed by atoms with E-state index in [-0.39, 0.29) is 12.6 Å². The summed E-state index contributed by atoms with van der Waals surface area (Å²) >= 11 is 0. The van der Waals surface area contributed by atoms with Crippen molar-refractivity contribution in [3.05, 3.63) is 87.8 Å². The molecule has 0 fully saturated rings. The first-order chi connectivity index (χ1) is 12.6. The number of aromatic carboxylic acids is 1. The minimum absolute atomic E-state index is 0.0337. The van der Waals surface area contributed by atoms with Crippen molar-refractivity contribution in [1.82, 2.24) is 9.55 Å². The third-order valence-electron chi connectivity index (χ3n) is 3.60. The van der Waals surface area contributed by atoms with E-state index in [1.807, 2.05) is 6.07 Å². The first-order valence-electron chi connectivity index (χ1n) is 7.63. The number of aromatic nitrogens is 2. The van der Waals surface area contributed by atoms with Crippen molar-refractivity contribution in [2.45, 2.75) is 6.61 Å². The van der Waals surface area contributed by atoms with Gasteiger partial charge in [0.15, 0.2) is 0 Å². The molecule has 0 bridgehead atoms. The highest BCUT2D eigenvalue weighted by Gasteiger charge is 2.17. The van der Waals surface area contributed by atoms with E-state index in [1.165, 1.54) is 0 Å². The van der Waals surface area contributed by atoms with Gasteiger partial charge < -0.3 is 9.84 Å². The largest absolute Gasteiger partial charge is 0.477 e. The van der Waals surface area contributed by atoms with Crippen LogP contribution in [0.2, 0.25) is 0 Å². The standard InChI is InChI=1S/C19H13N3O4/c20-10-13-5-4-6-14(9-13)12-26-19-21-11-16(18(24)25)17(23)22(19)15-7-2-1-3-8-15/h1-9,11H,12H2,(H,24,25). The zero-order chi connectivity index (χ0) is 18.5. The van der Waals surface area contributed by atoms with Gasteiger partial charge in [-0.25, -0.2) is 14.3 Å². The minimum Gasteiger partial charge on any atom is -0.477 e. The van der Waals surface area contributed by atoms with Gasteiger partial charge in [-0.05, 0) is 29.8 Å². The normalized spacial score (nSPS) is 10.1. The van der Waals surface area contributed by atoms with E-state index < -0.39 is 17.1 Å². The number of hydrogen-bond acceptors (Lipinski definition) is 5. The number of nitrogens with zero attached hydrogens (tertiary/aromatic N) is 3. The number of carboxylic acid groups (broad SMARTS) is 1. The number of benzene rings is 2. The summed E-state index contributed by atoms with van der Waals surface area (Å²) < 4.78 is 6.75. The smallest absolute Gasteiger partial charge is 0.342 e. The highest BCUT2D eigenvalue weighted by atomic mass is 16.5. The molecule has 0 spiro atoms. The van der Waals surface area contributed by atoms with Gasteiger partial charge in [0.05, 0.1) is 23.5 Å². The molecule has 26 heavy (non-hydrogen) atoms. The van der Waals surface area contributed by atoms with Crippen LogP contribution in [0.1, 0.15) is 21.5 Å². The molecule has 0 radical (unpaired) electrons. The maximum atomic E-state index is 12.6. The number of para-hydroxylation sites is 1. The zero-order valence-electron chi connectivity index (χ0n) is 13.5. The van der Waals surface area contributed by atoms with Crippen molar-refractivity contribution >= 4 is 5.97 Å². The Morgan fingerprint density at radius 3 is 2.65 bits per heavy atom. The van der Waals surface area contributed by atoms with Crippen LogP contribution in [-0.2, 0) is 6.61 Å². The molecule has 3 aromatic rings. The van der Waals surface area contributed by atoms with Crippen LogP contribution in [0.4, 0.5) is 0 Å². The van der Waals surface area contributed by atoms with Gasteiger partial charge in [0.1, 0.15) is 12.2 Å². The average Bonchev–Trinajstić information content (AvgIpc) is 2.67. The second kappa shape index (κ2) is 7.32. The molecular weight excluding hydrogens is 334 g/mol. The third kappa shape index (κ3) is 3.44. The van der Waals surface area contributed by atoms with Gasteiger partial charge >= 0.3 is 12.0 Å². The molecule has 3 rings (SSSR count). The van der Waals surface area contributed by atoms with Crippen LogP contribution in [0.5, 0.6) is 6.01 Å². The molecule has 1 N–H and O–H groups in total. The minimum atomic E-state index is -1.36. The molecule has 0 aliphatic carbocycles. The Balaban J connectivity index is 2.01. The van der Waals surface area contributed by atoms with E-state index >= 15 is 0 Å². The molecule has 0 amide bonds. The summed E-state index contributed by atoms with van der Waals surface area (Å²) in [5.41, 5.74) is 0.460. The van der Waals surface area contributed by atoms with E-state index in [1.54, 1.807) is 54.6 Å². The molecule has 0 aliphatic heterocycles. The summed E-state index contributed by atoms with van der Waals surface area (Å²) in [5.74, 6) is -1.36. The maximum absolute atomic E-state index is 12.6. The van der Waals surface area contributed by atoms with Crippen LogP contribution >= 0.6 is 0 Å². The third-order valence-corrected chi connectivity index (χ3v) is 3.60. The first kappa shape index (κ1) is 16.9. The van der Waals surface area contributed by atoms with E-state index in [4.69, 9.17) is 15.1 Å². The van der Waals surface area contributed by atoms with E-state index in [2.05, 4.69) is 4.98 Å². The second-order valence-electron chi connectivity index (χ2n) is 5.34. The SMILES string of the molecule is N#Cc1cccc(COc2ncc(C(=O)O)c(=O)n2-c2ccccc2)c1. The van der Waals surface area contributed by atoms with Crippen molar-refractivity contribution in [3.8, 4) is 17.8 Å². The molecular formula is C19H13N3O4. The second-order valence-corrected chi connectivity index (χ2v) is 5.34. The molecule has 1 heterocycles. The highest BCUT2D eigenvalue weighted by molar-refractivity contribution is 5.86. The topological polar surface area (TPSA) is 105 Å². The molecule has 0 atom stereocenters. The van der Waals surface area contributed by atoms with Gasteiger partial charge in [-0.3, -0.25) is 4.79 Å². The summed E-state index contributed by atoms with van der Waals surface area (Å²) in [6.07, 6.45) is 0.977. The summed E-state index contributed by atoms with van der Waals surface area (Å²) in [4.78, 5) is 27.8. The highest BCUT2D eigenvalue weighted by Crippen LogP contribution is 2.15. The monoisotopic (exact) mass is 347 g/mol. The van der Waals surface area contributed by atoms with Gasteiger partial charge in [-0.2, -0.15) is 5.26 Å². The van der Waals surface area contributed by atoms with Crippen LogP contribution in [0.25, 0.3) is 5.69 Å². The molecule has 2 aromatic carbocycles. The Bertz CT molecular complexity index is 1050. The zero-order valence-corrected chi connectivity index (χ0v) is 13.5.